The average Bonchev–Trinajstić information content (AvgIpc) is 2.68. The van der Waals surface area contributed by atoms with E-state index in [1.165, 1.54) is 11.1 Å². The summed E-state index contributed by atoms with van der Waals surface area (Å²) in [6.45, 7) is 4.81. The fourth-order valence-corrected chi connectivity index (χ4v) is 2.56. The third kappa shape index (κ3) is 3.94. The Morgan fingerprint density at radius 3 is 2.75 bits per heavy atom. The van der Waals surface area contributed by atoms with Gasteiger partial charge in [-0.05, 0) is 36.8 Å². The van der Waals surface area contributed by atoms with E-state index < -0.39 is 0 Å². The highest BCUT2D eigenvalue weighted by atomic mass is 16.5. The maximum Gasteiger partial charge on any atom is 0.188 e. The van der Waals surface area contributed by atoms with Crippen LogP contribution in [0.2, 0.25) is 0 Å². The van der Waals surface area contributed by atoms with E-state index in [0.717, 1.165) is 25.2 Å². The second-order valence-corrected chi connectivity index (χ2v) is 5.36. The van der Waals surface area contributed by atoms with E-state index in [2.05, 4.69) is 24.0 Å². The minimum atomic E-state index is 0.0668. The summed E-state index contributed by atoms with van der Waals surface area (Å²) in [4.78, 5) is 4.49. The van der Waals surface area contributed by atoms with Crippen molar-refractivity contribution in [1.82, 2.24) is 0 Å². The molecule has 2 rings (SSSR count). The summed E-state index contributed by atoms with van der Waals surface area (Å²) in [5.41, 5.74) is 8.45. The fraction of sp³-hybridized carbons (Fsp3) is 0.471. The zero-order chi connectivity index (χ0) is 14.4. The topological polar surface area (TPSA) is 47.6 Å². The summed E-state index contributed by atoms with van der Waals surface area (Å²) in [7, 11) is 0. The highest BCUT2D eigenvalue weighted by Gasteiger charge is 2.19. The van der Waals surface area contributed by atoms with Crippen LogP contribution >= 0.6 is 0 Å². The van der Waals surface area contributed by atoms with Crippen molar-refractivity contribution in [3.05, 3.63) is 47.7 Å². The number of benzene rings is 1. The number of hydrogen-bond donors (Lipinski definition) is 1. The van der Waals surface area contributed by atoms with E-state index in [0.29, 0.717) is 12.5 Å². The average molecular weight is 272 g/mol. The normalized spacial score (nSPS) is 20.6. The van der Waals surface area contributed by atoms with Crippen molar-refractivity contribution in [1.29, 1.82) is 0 Å². The summed E-state index contributed by atoms with van der Waals surface area (Å²) in [5, 5.41) is 0. The third-order valence-corrected chi connectivity index (χ3v) is 3.80. The van der Waals surface area contributed by atoms with E-state index in [1.54, 1.807) is 0 Å². The van der Waals surface area contributed by atoms with Crippen molar-refractivity contribution >= 4 is 5.90 Å². The Labute approximate surface area is 121 Å². The van der Waals surface area contributed by atoms with E-state index >= 15 is 0 Å². The van der Waals surface area contributed by atoms with Crippen LogP contribution in [0.1, 0.15) is 38.7 Å². The lowest BCUT2D eigenvalue weighted by molar-refractivity contribution is 0.281. The van der Waals surface area contributed by atoms with Crippen molar-refractivity contribution in [3.8, 4) is 0 Å². The van der Waals surface area contributed by atoms with Crippen LogP contribution in [-0.4, -0.2) is 11.9 Å². The van der Waals surface area contributed by atoms with Crippen LogP contribution in [0.4, 0.5) is 0 Å². The summed E-state index contributed by atoms with van der Waals surface area (Å²) < 4.78 is 5.83. The fourth-order valence-electron chi connectivity index (χ4n) is 2.56. The Kier molecular flexibility index (Phi) is 5.36. The number of ether oxygens (including phenoxy) is 1. The molecule has 0 aromatic heterocycles. The van der Waals surface area contributed by atoms with Gasteiger partial charge in [-0.25, -0.2) is 4.99 Å². The molecule has 0 bridgehead atoms. The van der Waals surface area contributed by atoms with Gasteiger partial charge in [0, 0.05) is 18.7 Å². The van der Waals surface area contributed by atoms with Gasteiger partial charge in [0.1, 0.15) is 6.61 Å². The molecule has 2 N–H and O–H groups in total. The Bertz CT molecular complexity index is 477. The Morgan fingerprint density at radius 2 is 2.10 bits per heavy atom. The molecule has 0 saturated carbocycles. The minimum Gasteiger partial charge on any atom is -0.476 e. The van der Waals surface area contributed by atoms with Crippen molar-refractivity contribution in [2.45, 2.75) is 45.8 Å². The van der Waals surface area contributed by atoms with Gasteiger partial charge in [0.05, 0.1) is 0 Å². The van der Waals surface area contributed by atoms with Crippen LogP contribution in [-0.2, 0) is 11.3 Å². The predicted octanol–water partition coefficient (Wildman–Crippen LogP) is 3.65. The maximum atomic E-state index is 6.03. The van der Waals surface area contributed by atoms with E-state index in [4.69, 9.17) is 10.5 Å². The predicted molar refractivity (Wildman–Crippen MR) is 83.4 cm³/mol. The van der Waals surface area contributed by atoms with E-state index in [9.17, 15) is 0 Å². The molecular weight excluding hydrogens is 248 g/mol. The van der Waals surface area contributed by atoms with Crippen molar-refractivity contribution in [3.63, 3.8) is 0 Å². The van der Waals surface area contributed by atoms with Crippen LogP contribution in [0.15, 0.2) is 47.1 Å². The molecule has 3 heteroatoms. The number of hydrogen-bond acceptors (Lipinski definition) is 3. The van der Waals surface area contributed by atoms with Crippen LogP contribution in [0.25, 0.3) is 0 Å². The molecular formula is C17H24N2O. The standard InChI is InChI=1S/C17H24N2O/c1-3-15-9-10-17(19-11-16(15)13(2)18)20-12-14-7-5-4-6-8-14/h4-8,11,13,15H,3,9-10,12,18H2,1-2H3. The lowest BCUT2D eigenvalue weighted by Crippen LogP contribution is -2.23. The number of aliphatic imine (C=N–C) groups is 1. The number of nitrogens with zero attached hydrogens (tertiary/aromatic N) is 1. The van der Waals surface area contributed by atoms with Crippen LogP contribution in [0.5, 0.6) is 0 Å². The van der Waals surface area contributed by atoms with Gasteiger partial charge in [0.25, 0.3) is 0 Å². The Hall–Kier alpha value is -1.61. The van der Waals surface area contributed by atoms with Gasteiger partial charge < -0.3 is 10.5 Å². The first kappa shape index (κ1) is 14.8. The zero-order valence-corrected chi connectivity index (χ0v) is 12.4. The Balaban J connectivity index is 1.99. The summed E-state index contributed by atoms with van der Waals surface area (Å²) in [5.74, 6) is 1.35. The first-order chi connectivity index (χ1) is 9.70. The number of rotatable bonds is 4. The zero-order valence-electron chi connectivity index (χ0n) is 12.4. The quantitative estimate of drug-likeness (QED) is 0.909. The summed E-state index contributed by atoms with van der Waals surface area (Å²) >= 11 is 0. The second-order valence-electron chi connectivity index (χ2n) is 5.36. The molecule has 3 nitrogen and oxygen atoms in total. The van der Waals surface area contributed by atoms with Crippen molar-refractivity contribution in [2.75, 3.05) is 0 Å². The smallest absolute Gasteiger partial charge is 0.188 e. The van der Waals surface area contributed by atoms with Gasteiger partial charge in [-0.15, -0.1) is 0 Å². The largest absolute Gasteiger partial charge is 0.476 e. The summed E-state index contributed by atoms with van der Waals surface area (Å²) in [6, 6.07) is 10.3. The minimum absolute atomic E-state index is 0.0668. The molecule has 1 heterocycles. The summed E-state index contributed by atoms with van der Waals surface area (Å²) in [6.07, 6.45) is 4.98. The first-order valence-corrected chi connectivity index (χ1v) is 7.39. The third-order valence-electron chi connectivity index (χ3n) is 3.80. The second kappa shape index (κ2) is 7.25. The molecule has 0 amide bonds. The molecule has 0 fully saturated rings. The molecule has 0 aliphatic carbocycles. The van der Waals surface area contributed by atoms with Crippen LogP contribution < -0.4 is 5.73 Å². The highest BCUT2D eigenvalue weighted by molar-refractivity contribution is 5.77. The van der Waals surface area contributed by atoms with Crippen molar-refractivity contribution in [2.24, 2.45) is 16.6 Å². The van der Waals surface area contributed by atoms with Gasteiger partial charge >= 0.3 is 0 Å². The molecule has 0 spiro atoms. The molecule has 0 radical (unpaired) electrons. The van der Waals surface area contributed by atoms with Gasteiger partial charge in [-0.2, -0.15) is 0 Å². The van der Waals surface area contributed by atoms with Crippen LogP contribution in [0.3, 0.4) is 0 Å². The highest BCUT2D eigenvalue weighted by Crippen LogP contribution is 2.26. The maximum absolute atomic E-state index is 6.03. The van der Waals surface area contributed by atoms with Gasteiger partial charge in [-0.3, -0.25) is 0 Å². The number of nitrogens with two attached hydrogens (primary N) is 1. The monoisotopic (exact) mass is 272 g/mol. The van der Waals surface area contributed by atoms with Crippen molar-refractivity contribution < 1.29 is 4.74 Å². The molecule has 2 atom stereocenters. The molecule has 1 aliphatic heterocycles. The molecule has 20 heavy (non-hydrogen) atoms. The molecule has 1 aromatic carbocycles. The molecule has 1 aromatic rings. The lowest BCUT2D eigenvalue weighted by Gasteiger charge is -2.19. The Morgan fingerprint density at radius 1 is 1.35 bits per heavy atom. The molecule has 0 saturated heterocycles. The van der Waals surface area contributed by atoms with E-state index in [1.807, 2.05) is 31.3 Å². The SMILES string of the molecule is CCC1CCC(OCc2ccccc2)=NC=C1C(C)N. The molecule has 2 unspecified atom stereocenters. The lowest BCUT2D eigenvalue weighted by atomic mass is 9.89. The van der Waals surface area contributed by atoms with Crippen LogP contribution in [0, 0.1) is 5.92 Å². The van der Waals surface area contributed by atoms with E-state index in [-0.39, 0.29) is 6.04 Å². The van der Waals surface area contributed by atoms with Gasteiger partial charge in [0.2, 0.25) is 0 Å². The van der Waals surface area contributed by atoms with Gasteiger partial charge in [-0.1, -0.05) is 37.3 Å². The first-order valence-electron chi connectivity index (χ1n) is 7.39. The molecule has 108 valence electrons. The molecule has 1 aliphatic rings. The van der Waals surface area contributed by atoms with Gasteiger partial charge in [0.15, 0.2) is 5.90 Å².